The van der Waals surface area contributed by atoms with E-state index in [-0.39, 0.29) is 5.91 Å². The second-order valence-corrected chi connectivity index (χ2v) is 3.55. The number of amides is 1. The summed E-state index contributed by atoms with van der Waals surface area (Å²) in [6.07, 6.45) is 5.80. The van der Waals surface area contributed by atoms with Crippen LogP contribution in [0.25, 0.3) is 0 Å². The zero-order valence-corrected chi connectivity index (χ0v) is 6.60. The first-order valence-electron chi connectivity index (χ1n) is 4.40. The summed E-state index contributed by atoms with van der Waals surface area (Å²) >= 11 is 0. The van der Waals surface area contributed by atoms with Crippen LogP contribution in [0, 0.1) is 5.92 Å². The molecule has 0 spiro atoms. The lowest BCUT2D eigenvalue weighted by Crippen LogP contribution is -2.54. The van der Waals surface area contributed by atoms with E-state index in [0.29, 0.717) is 12.0 Å². The Bertz CT molecular complexity index is 169. The van der Waals surface area contributed by atoms with Crippen molar-refractivity contribution in [3.05, 3.63) is 0 Å². The first-order chi connectivity index (χ1) is 5.36. The van der Waals surface area contributed by atoms with Gasteiger partial charge >= 0.3 is 0 Å². The van der Waals surface area contributed by atoms with E-state index in [1.165, 1.54) is 25.7 Å². The molecule has 11 heavy (non-hydrogen) atoms. The summed E-state index contributed by atoms with van der Waals surface area (Å²) in [4.78, 5) is 10.9. The summed E-state index contributed by atoms with van der Waals surface area (Å²) in [6.45, 7) is 0. The van der Waals surface area contributed by atoms with Crippen molar-refractivity contribution < 1.29 is 4.79 Å². The van der Waals surface area contributed by atoms with Gasteiger partial charge < -0.3 is 0 Å². The van der Waals surface area contributed by atoms with Crippen LogP contribution in [-0.4, -0.2) is 11.9 Å². The predicted octanol–water partition coefficient (Wildman–Crippen LogP) is 0.570. The molecule has 2 N–H and O–H groups in total. The van der Waals surface area contributed by atoms with E-state index in [1.807, 2.05) is 0 Å². The van der Waals surface area contributed by atoms with Crippen molar-refractivity contribution in [3.8, 4) is 0 Å². The quantitative estimate of drug-likeness (QED) is 0.535. The van der Waals surface area contributed by atoms with Gasteiger partial charge in [0.1, 0.15) is 0 Å². The van der Waals surface area contributed by atoms with Crippen LogP contribution < -0.4 is 10.9 Å². The zero-order valence-electron chi connectivity index (χ0n) is 6.60. The summed E-state index contributed by atoms with van der Waals surface area (Å²) < 4.78 is 0. The molecule has 3 heteroatoms. The Hall–Kier alpha value is -0.570. The topological polar surface area (TPSA) is 41.1 Å². The first-order valence-corrected chi connectivity index (χ1v) is 4.40. The Morgan fingerprint density at radius 2 is 2.09 bits per heavy atom. The minimum atomic E-state index is 0.160. The maximum atomic E-state index is 10.9. The van der Waals surface area contributed by atoms with Gasteiger partial charge in [-0.25, -0.2) is 5.43 Å². The number of carbonyl (C=O) groups is 1. The van der Waals surface area contributed by atoms with Crippen LogP contribution in [0.4, 0.5) is 0 Å². The summed E-state index contributed by atoms with van der Waals surface area (Å²) in [7, 11) is 0. The van der Waals surface area contributed by atoms with Crippen LogP contribution in [0.3, 0.4) is 0 Å². The van der Waals surface area contributed by atoms with Crippen LogP contribution in [0.2, 0.25) is 0 Å². The van der Waals surface area contributed by atoms with E-state index in [9.17, 15) is 4.79 Å². The van der Waals surface area contributed by atoms with Gasteiger partial charge in [-0.2, -0.15) is 0 Å². The number of hydrazine groups is 1. The second-order valence-electron chi connectivity index (χ2n) is 3.55. The molecule has 0 aromatic rings. The molecule has 62 valence electrons. The molecule has 3 nitrogen and oxygen atoms in total. The molecule has 1 amide bonds. The first kappa shape index (κ1) is 7.10. The SMILES string of the molecule is O=C1CC2CCCCC2NN1. The molecule has 2 unspecified atom stereocenters. The Labute approximate surface area is 66.5 Å². The van der Waals surface area contributed by atoms with Gasteiger partial charge in [-0.05, 0) is 18.8 Å². The number of nitrogens with one attached hydrogen (secondary N) is 2. The smallest absolute Gasteiger partial charge is 0.234 e. The minimum Gasteiger partial charge on any atom is -0.291 e. The lowest BCUT2D eigenvalue weighted by atomic mass is 9.82. The van der Waals surface area contributed by atoms with Crippen molar-refractivity contribution in [2.45, 2.75) is 38.1 Å². The van der Waals surface area contributed by atoms with E-state index >= 15 is 0 Å². The van der Waals surface area contributed by atoms with Gasteiger partial charge in [-0.1, -0.05) is 12.8 Å². The molecule has 2 fully saturated rings. The minimum absolute atomic E-state index is 0.160. The van der Waals surface area contributed by atoms with Crippen molar-refractivity contribution in [1.82, 2.24) is 10.9 Å². The predicted molar refractivity (Wildman–Crippen MR) is 41.6 cm³/mol. The highest BCUT2D eigenvalue weighted by molar-refractivity contribution is 5.76. The summed E-state index contributed by atoms with van der Waals surface area (Å²) in [5.41, 5.74) is 5.76. The molecule has 2 rings (SSSR count). The molecule has 0 aromatic carbocycles. The molecular formula is C8H14N2O. The van der Waals surface area contributed by atoms with Crippen LogP contribution in [0.15, 0.2) is 0 Å². The van der Waals surface area contributed by atoms with Gasteiger partial charge in [0.15, 0.2) is 0 Å². The molecular weight excluding hydrogens is 140 g/mol. The zero-order chi connectivity index (χ0) is 7.68. The Morgan fingerprint density at radius 3 is 3.00 bits per heavy atom. The van der Waals surface area contributed by atoms with Gasteiger partial charge in [-0.15, -0.1) is 0 Å². The van der Waals surface area contributed by atoms with E-state index in [1.54, 1.807) is 0 Å². The standard InChI is InChI=1S/C8H14N2O/c11-8-5-6-3-1-2-4-7(6)9-10-8/h6-7,9H,1-5H2,(H,10,11). The highest BCUT2D eigenvalue weighted by atomic mass is 16.2. The number of carbonyl (C=O) groups excluding carboxylic acids is 1. The fourth-order valence-electron chi connectivity index (χ4n) is 2.10. The average Bonchev–Trinajstić information content (AvgIpc) is 2.04. The Morgan fingerprint density at radius 1 is 1.27 bits per heavy atom. The number of rotatable bonds is 0. The highest BCUT2D eigenvalue weighted by Crippen LogP contribution is 2.28. The Balaban J connectivity index is 1.98. The van der Waals surface area contributed by atoms with Crippen LogP contribution in [0.1, 0.15) is 32.1 Å². The van der Waals surface area contributed by atoms with Crippen molar-refractivity contribution >= 4 is 5.91 Å². The molecule has 0 bridgehead atoms. The monoisotopic (exact) mass is 154 g/mol. The van der Waals surface area contributed by atoms with E-state index in [4.69, 9.17) is 0 Å². The third-order valence-corrected chi connectivity index (χ3v) is 2.75. The van der Waals surface area contributed by atoms with Crippen LogP contribution >= 0.6 is 0 Å². The number of hydrogen-bond acceptors (Lipinski definition) is 2. The maximum absolute atomic E-state index is 10.9. The third-order valence-electron chi connectivity index (χ3n) is 2.75. The van der Waals surface area contributed by atoms with E-state index < -0.39 is 0 Å². The lowest BCUT2D eigenvalue weighted by Gasteiger charge is -2.35. The summed E-state index contributed by atoms with van der Waals surface area (Å²) in [5, 5.41) is 0. The van der Waals surface area contributed by atoms with Crippen molar-refractivity contribution in [1.29, 1.82) is 0 Å². The fraction of sp³-hybridized carbons (Fsp3) is 0.875. The average molecular weight is 154 g/mol. The van der Waals surface area contributed by atoms with Gasteiger partial charge in [-0.3, -0.25) is 10.2 Å². The molecule has 0 radical (unpaired) electrons. The van der Waals surface area contributed by atoms with Gasteiger partial charge in [0.2, 0.25) is 5.91 Å². The lowest BCUT2D eigenvalue weighted by molar-refractivity contribution is -0.126. The molecule has 1 heterocycles. The number of hydrogen-bond donors (Lipinski definition) is 2. The van der Waals surface area contributed by atoms with Crippen LogP contribution in [-0.2, 0) is 4.79 Å². The maximum Gasteiger partial charge on any atom is 0.234 e. The third kappa shape index (κ3) is 1.38. The summed E-state index contributed by atoms with van der Waals surface area (Å²) in [5.74, 6) is 0.769. The second kappa shape index (κ2) is 2.81. The molecule has 1 saturated carbocycles. The largest absolute Gasteiger partial charge is 0.291 e. The molecule has 2 aliphatic rings. The van der Waals surface area contributed by atoms with E-state index in [2.05, 4.69) is 10.9 Å². The van der Waals surface area contributed by atoms with Crippen LogP contribution in [0.5, 0.6) is 0 Å². The Kier molecular flexibility index (Phi) is 1.82. The van der Waals surface area contributed by atoms with Gasteiger partial charge in [0.05, 0.1) is 0 Å². The van der Waals surface area contributed by atoms with Gasteiger partial charge in [0, 0.05) is 12.5 Å². The highest BCUT2D eigenvalue weighted by Gasteiger charge is 2.30. The van der Waals surface area contributed by atoms with Gasteiger partial charge in [0.25, 0.3) is 0 Å². The van der Waals surface area contributed by atoms with Crippen molar-refractivity contribution in [2.75, 3.05) is 0 Å². The molecule has 1 aliphatic carbocycles. The van der Waals surface area contributed by atoms with Crippen molar-refractivity contribution in [2.24, 2.45) is 5.92 Å². The van der Waals surface area contributed by atoms with E-state index in [0.717, 1.165) is 6.42 Å². The number of fused-ring (bicyclic) bond motifs is 1. The summed E-state index contributed by atoms with van der Waals surface area (Å²) in [6, 6.07) is 0.557. The molecule has 1 aliphatic heterocycles. The normalized spacial score (nSPS) is 37.6. The molecule has 0 aromatic heterocycles. The fourth-order valence-corrected chi connectivity index (χ4v) is 2.10. The molecule has 1 saturated heterocycles. The molecule has 2 atom stereocenters. The van der Waals surface area contributed by atoms with Crippen molar-refractivity contribution in [3.63, 3.8) is 0 Å².